The van der Waals surface area contributed by atoms with Crippen LogP contribution < -0.4 is 5.73 Å². The summed E-state index contributed by atoms with van der Waals surface area (Å²) >= 11 is 5.86. The molecule has 0 aliphatic carbocycles. The van der Waals surface area contributed by atoms with Gasteiger partial charge in [-0.15, -0.1) is 0 Å². The second-order valence-electron chi connectivity index (χ2n) is 6.31. The lowest BCUT2D eigenvalue weighted by Gasteiger charge is -2.19. The third kappa shape index (κ3) is 3.80. The second kappa shape index (κ2) is 7.24. The van der Waals surface area contributed by atoms with E-state index in [0.717, 1.165) is 34.4 Å². The first kappa shape index (κ1) is 17.6. The standard InChI is InChI=1S/C19H23ClN2O/c1-11(2)9-16-15(10-21)18(14-7-5-12(3)6-8-14)17(19(20)23)13(4)22-16/h5-8,11H,9-10,21H2,1-4H3. The molecular formula is C19H23ClN2O. The summed E-state index contributed by atoms with van der Waals surface area (Å²) in [6.07, 6.45) is 0.822. The van der Waals surface area contributed by atoms with E-state index in [1.165, 1.54) is 0 Å². The van der Waals surface area contributed by atoms with Gasteiger partial charge in [0.1, 0.15) is 0 Å². The van der Waals surface area contributed by atoms with Crippen LogP contribution in [0.2, 0.25) is 0 Å². The number of rotatable bonds is 5. The van der Waals surface area contributed by atoms with E-state index in [1.807, 2.05) is 38.1 Å². The van der Waals surface area contributed by atoms with Crippen LogP contribution in [0.5, 0.6) is 0 Å². The second-order valence-corrected chi connectivity index (χ2v) is 6.66. The van der Waals surface area contributed by atoms with Crippen molar-refractivity contribution in [2.24, 2.45) is 11.7 Å². The highest BCUT2D eigenvalue weighted by molar-refractivity contribution is 6.68. The van der Waals surface area contributed by atoms with Crippen LogP contribution in [0.1, 0.15) is 46.7 Å². The maximum Gasteiger partial charge on any atom is 0.254 e. The van der Waals surface area contributed by atoms with Gasteiger partial charge in [-0.1, -0.05) is 43.7 Å². The number of nitrogens with two attached hydrogens (primary N) is 1. The fraction of sp³-hybridized carbons (Fsp3) is 0.368. The van der Waals surface area contributed by atoms with Crippen molar-refractivity contribution in [2.75, 3.05) is 0 Å². The maximum absolute atomic E-state index is 12.0. The molecule has 0 radical (unpaired) electrons. The Morgan fingerprint density at radius 2 is 1.83 bits per heavy atom. The number of pyridine rings is 1. The number of carbonyl (C=O) groups excluding carboxylic acids is 1. The molecule has 0 fully saturated rings. The smallest absolute Gasteiger partial charge is 0.254 e. The van der Waals surface area contributed by atoms with E-state index in [1.54, 1.807) is 0 Å². The van der Waals surface area contributed by atoms with Crippen molar-refractivity contribution >= 4 is 16.8 Å². The lowest BCUT2D eigenvalue weighted by molar-refractivity contribution is 0.108. The van der Waals surface area contributed by atoms with E-state index in [-0.39, 0.29) is 0 Å². The van der Waals surface area contributed by atoms with Crippen molar-refractivity contribution in [1.29, 1.82) is 0 Å². The zero-order valence-corrected chi connectivity index (χ0v) is 14.9. The molecule has 2 aromatic rings. The Bertz CT molecular complexity index is 721. The molecule has 2 N–H and O–H groups in total. The van der Waals surface area contributed by atoms with Crippen LogP contribution in [0, 0.1) is 19.8 Å². The normalized spacial score (nSPS) is 11.1. The SMILES string of the molecule is Cc1ccc(-c2c(CN)c(CC(C)C)nc(C)c2C(=O)Cl)cc1. The lowest BCUT2D eigenvalue weighted by Crippen LogP contribution is -2.14. The predicted octanol–water partition coefficient (Wildman–Crippen LogP) is 4.40. The summed E-state index contributed by atoms with van der Waals surface area (Å²) in [5, 5.41) is -0.489. The van der Waals surface area contributed by atoms with Crippen molar-refractivity contribution in [1.82, 2.24) is 4.98 Å². The monoisotopic (exact) mass is 330 g/mol. The molecule has 2 rings (SSSR count). The van der Waals surface area contributed by atoms with E-state index >= 15 is 0 Å². The van der Waals surface area contributed by atoms with Crippen molar-refractivity contribution in [3.8, 4) is 11.1 Å². The summed E-state index contributed by atoms with van der Waals surface area (Å²) in [7, 11) is 0. The van der Waals surface area contributed by atoms with Crippen LogP contribution in [0.15, 0.2) is 24.3 Å². The van der Waals surface area contributed by atoms with Gasteiger partial charge in [0.05, 0.1) is 11.3 Å². The van der Waals surface area contributed by atoms with Crippen LogP contribution in [0.4, 0.5) is 0 Å². The molecule has 0 aliphatic rings. The molecule has 0 unspecified atom stereocenters. The van der Waals surface area contributed by atoms with Crippen LogP contribution in [-0.2, 0) is 13.0 Å². The van der Waals surface area contributed by atoms with Crippen molar-refractivity contribution < 1.29 is 4.79 Å². The van der Waals surface area contributed by atoms with Gasteiger partial charge in [-0.3, -0.25) is 9.78 Å². The van der Waals surface area contributed by atoms with Gasteiger partial charge in [-0.05, 0) is 48.9 Å². The molecule has 0 amide bonds. The number of aryl methyl sites for hydroxylation is 2. The van der Waals surface area contributed by atoms with Crippen LogP contribution >= 0.6 is 11.6 Å². The average Bonchev–Trinajstić information content (AvgIpc) is 2.46. The molecule has 0 saturated heterocycles. The van der Waals surface area contributed by atoms with Gasteiger partial charge in [-0.2, -0.15) is 0 Å². The molecule has 23 heavy (non-hydrogen) atoms. The first-order valence-corrected chi connectivity index (χ1v) is 8.22. The molecule has 0 atom stereocenters. The summed E-state index contributed by atoms with van der Waals surface area (Å²) in [4.78, 5) is 16.6. The quantitative estimate of drug-likeness (QED) is 0.826. The molecular weight excluding hydrogens is 308 g/mol. The molecule has 4 heteroatoms. The first-order valence-electron chi connectivity index (χ1n) is 7.84. The molecule has 0 saturated carbocycles. The summed E-state index contributed by atoms with van der Waals surface area (Å²) < 4.78 is 0. The Morgan fingerprint density at radius 1 is 1.22 bits per heavy atom. The molecule has 0 bridgehead atoms. The Hall–Kier alpha value is -1.71. The minimum Gasteiger partial charge on any atom is -0.326 e. The summed E-state index contributed by atoms with van der Waals surface area (Å²) in [5.41, 5.74) is 12.0. The Labute approximate surface area is 142 Å². The lowest BCUT2D eigenvalue weighted by atomic mass is 9.90. The molecule has 1 aromatic carbocycles. The van der Waals surface area contributed by atoms with Crippen LogP contribution in [0.3, 0.4) is 0 Å². The number of benzene rings is 1. The van der Waals surface area contributed by atoms with Gasteiger partial charge >= 0.3 is 0 Å². The fourth-order valence-corrected chi connectivity index (χ4v) is 3.09. The third-order valence-electron chi connectivity index (χ3n) is 3.91. The van der Waals surface area contributed by atoms with Gasteiger partial charge in [0, 0.05) is 17.8 Å². The van der Waals surface area contributed by atoms with Crippen LogP contribution in [0.25, 0.3) is 11.1 Å². The van der Waals surface area contributed by atoms with Gasteiger partial charge in [-0.25, -0.2) is 0 Å². The number of carbonyl (C=O) groups is 1. The van der Waals surface area contributed by atoms with E-state index in [4.69, 9.17) is 17.3 Å². The Balaban J connectivity index is 2.80. The summed E-state index contributed by atoms with van der Waals surface area (Å²) in [6, 6.07) is 8.06. The van der Waals surface area contributed by atoms with Gasteiger partial charge < -0.3 is 5.73 Å². The van der Waals surface area contributed by atoms with Crippen LogP contribution in [-0.4, -0.2) is 10.2 Å². The van der Waals surface area contributed by atoms with Gasteiger partial charge in [0.2, 0.25) is 0 Å². The fourth-order valence-electron chi connectivity index (χ4n) is 2.86. The zero-order valence-electron chi connectivity index (χ0n) is 14.1. The van der Waals surface area contributed by atoms with Gasteiger partial charge in [0.25, 0.3) is 5.24 Å². The largest absolute Gasteiger partial charge is 0.326 e. The first-order chi connectivity index (χ1) is 10.8. The topological polar surface area (TPSA) is 56.0 Å². The molecule has 1 heterocycles. The number of halogens is 1. The summed E-state index contributed by atoms with van der Waals surface area (Å²) in [6.45, 7) is 8.48. The minimum atomic E-state index is -0.489. The van der Waals surface area contributed by atoms with Crippen molar-refractivity contribution in [2.45, 2.75) is 40.7 Å². The van der Waals surface area contributed by atoms with E-state index in [0.29, 0.717) is 23.7 Å². The molecule has 0 spiro atoms. The van der Waals surface area contributed by atoms with E-state index in [2.05, 4.69) is 18.8 Å². The predicted molar refractivity (Wildman–Crippen MR) is 95.8 cm³/mol. The van der Waals surface area contributed by atoms with E-state index in [9.17, 15) is 4.79 Å². The van der Waals surface area contributed by atoms with E-state index < -0.39 is 5.24 Å². The summed E-state index contributed by atoms with van der Waals surface area (Å²) in [5.74, 6) is 0.454. The Kier molecular flexibility index (Phi) is 5.55. The molecule has 1 aromatic heterocycles. The Morgan fingerprint density at radius 3 is 2.30 bits per heavy atom. The highest BCUT2D eigenvalue weighted by Gasteiger charge is 2.22. The zero-order chi connectivity index (χ0) is 17.1. The number of aromatic nitrogens is 1. The highest BCUT2D eigenvalue weighted by Crippen LogP contribution is 2.33. The molecule has 3 nitrogen and oxygen atoms in total. The average molecular weight is 331 g/mol. The number of hydrogen-bond acceptors (Lipinski definition) is 3. The molecule has 122 valence electrons. The minimum absolute atomic E-state index is 0.329. The number of nitrogens with zero attached hydrogens (tertiary/aromatic N) is 1. The van der Waals surface area contributed by atoms with Gasteiger partial charge in [0.15, 0.2) is 0 Å². The van der Waals surface area contributed by atoms with Crippen molar-refractivity contribution in [3.63, 3.8) is 0 Å². The highest BCUT2D eigenvalue weighted by atomic mass is 35.5. The number of hydrogen-bond donors (Lipinski definition) is 1. The maximum atomic E-state index is 12.0. The van der Waals surface area contributed by atoms with Crippen molar-refractivity contribution in [3.05, 3.63) is 52.3 Å². The molecule has 0 aliphatic heterocycles. The third-order valence-corrected chi connectivity index (χ3v) is 4.10.